The molecule has 0 saturated carbocycles. The van der Waals surface area contributed by atoms with Gasteiger partial charge in [0.2, 0.25) is 11.8 Å². The molecule has 9 heteroatoms. The molecule has 0 aromatic heterocycles. The second kappa shape index (κ2) is 8.77. The highest BCUT2D eigenvalue weighted by atomic mass is 35.5. The lowest BCUT2D eigenvalue weighted by atomic mass is 10.1. The predicted molar refractivity (Wildman–Crippen MR) is 115 cm³/mol. The van der Waals surface area contributed by atoms with Gasteiger partial charge in [-0.2, -0.15) is 5.10 Å². The first-order valence-electron chi connectivity index (χ1n) is 8.28. The first-order valence-corrected chi connectivity index (χ1v) is 9.91. The molecule has 0 radical (unpaired) electrons. The fraction of sp³-hybridized carbons (Fsp3) is 0.158. The van der Waals surface area contributed by atoms with Gasteiger partial charge < -0.3 is 5.73 Å². The normalized spacial score (nSPS) is 18.1. The van der Waals surface area contributed by atoms with Gasteiger partial charge in [0, 0.05) is 16.5 Å². The number of carbonyl (C=O) groups is 2. The average Bonchev–Trinajstić information content (AvgIpc) is 2.93. The quantitative estimate of drug-likeness (QED) is 0.339. The van der Waals surface area contributed by atoms with Crippen molar-refractivity contribution in [3.05, 3.63) is 64.1 Å². The summed E-state index contributed by atoms with van der Waals surface area (Å²) in [4.78, 5) is 26.1. The molecule has 28 heavy (non-hydrogen) atoms. The van der Waals surface area contributed by atoms with Crippen LogP contribution in [0.5, 0.6) is 0 Å². The van der Waals surface area contributed by atoms with Crippen molar-refractivity contribution < 1.29 is 9.59 Å². The summed E-state index contributed by atoms with van der Waals surface area (Å²) in [7, 11) is 0. The van der Waals surface area contributed by atoms with Crippen molar-refractivity contribution in [2.45, 2.75) is 18.6 Å². The summed E-state index contributed by atoms with van der Waals surface area (Å²) in [6.45, 7) is 1.79. The van der Waals surface area contributed by atoms with E-state index in [2.05, 4.69) is 10.2 Å². The Morgan fingerprint density at radius 1 is 1.11 bits per heavy atom. The summed E-state index contributed by atoms with van der Waals surface area (Å²) in [6.07, 6.45) is 0.0338. The zero-order valence-electron chi connectivity index (χ0n) is 14.8. The minimum atomic E-state index is -0.652. The van der Waals surface area contributed by atoms with Crippen LogP contribution >= 0.6 is 35.0 Å². The minimum Gasteiger partial charge on any atom is -0.377 e. The van der Waals surface area contributed by atoms with E-state index >= 15 is 0 Å². The summed E-state index contributed by atoms with van der Waals surface area (Å²) in [5.41, 5.74) is 7.84. The van der Waals surface area contributed by atoms with Gasteiger partial charge >= 0.3 is 0 Å². The fourth-order valence-electron chi connectivity index (χ4n) is 2.63. The highest BCUT2D eigenvalue weighted by Crippen LogP contribution is 2.30. The van der Waals surface area contributed by atoms with Gasteiger partial charge in [0.1, 0.15) is 5.25 Å². The maximum absolute atomic E-state index is 12.6. The molecule has 2 aromatic rings. The van der Waals surface area contributed by atoms with Crippen LogP contribution in [-0.2, 0) is 9.59 Å². The molecule has 1 aliphatic heterocycles. The number of nitrogens with zero attached hydrogens (tertiary/aromatic N) is 3. The van der Waals surface area contributed by atoms with Crippen molar-refractivity contribution in [3.8, 4) is 0 Å². The van der Waals surface area contributed by atoms with Crippen molar-refractivity contribution in [2.24, 2.45) is 15.9 Å². The molecule has 1 unspecified atom stereocenters. The summed E-state index contributed by atoms with van der Waals surface area (Å²) in [5.74, 6) is -0.660. The maximum atomic E-state index is 12.6. The molecule has 6 nitrogen and oxygen atoms in total. The molecule has 1 aliphatic rings. The summed E-state index contributed by atoms with van der Waals surface area (Å²) >= 11 is 12.8. The molecule has 2 N–H and O–H groups in total. The number of halogens is 2. The zero-order chi connectivity index (χ0) is 20.3. The summed E-state index contributed by atoms with van der Waals surface area (Å²) in [5, 5.41) is 8.58. The molecule has 1 saturated heterocycles. The molecular weight excluding hydrogens is 419 g/mol. The van der Waals surface area contributed by atoms with Crippen LogP contribution in [0, 0.1) is 0 Å². The molecule has 144 valence electrons. The van der Waals surface area contributed by atoms with E-state index in [1.807, 2.05) is 12.1 Å². The number of amidine groups is 1. The van der Waals surface area contributed by atoms with E-state index in [0.717, 1.165) is 22.2 Å². The van der Waals surface area contributed by atoms with Gasteiger partial charge in [-0.25, -0.2) is 4.90 Å². The van der Waals surface area contributed by atoms with Gasteiger partial charge in [-0.05, 0) is 42.8 Å². The number of nitrogens with two attached hydrogens (primary N) is 1. The van der Waals surface area contributed by atoms with Crippen molar-refractivity contribution in [2.75, 3.05) is 4.90 Å². The molecule has 0 spiro atoms. The minimum absolute atomic E-state index is 0.0338. The van der Waals surface area contributed by atoms with Gasteiger partial charge in [0.15, 0.2) is 5.17 Å². The predicted octanol–water partition coefficient (Wildman–Crippen LogP) is 4.10. The lowest BCUT2D eigenvalue weighted by Gasteiger charge is -2.14. The van der Waals surface area contributed by atoms with E-state index in [9.17, 15) is 9.59 Å². The Kier molecular flexibility index (Phi) is 6.39. The van der Waals surface area contributed by atoms with Crippen LogP contribution in [0.25, 0.3) is 0 Å². The molecule has 1 fully saturated rings. The van der Waals surface area contributed by atoms with E-state index < -0.39 is 5.25 Å². The van der Waals surface area contributed by atoms with Crippen LogP contribution in [0.4, 0.5) is 5.69 Å². The van der Waals surface area contributed by atoms with Crippen LogP contribution in [0.3, 0.4) is 0 Å². The van der Waals surface area contributed by atoms with Crippen LogP contribution in [0.1, 0.15) is 18.9 Å². The molecular formula is C19H16Cl2N4O2S. The number of thioether (sulfide) groups is 1. The number of amides is 2. The second-order valence-electron chi connectivity index (χ2n) is 5.99. The molecule has 3 rings (SSSR count). The van der Waals surface area contributed by atoms with Gasteiger partial charge in [0.05, 0.1) is 11.4 Å². The average molecular weight is 435 g/mol. The lowest BCUT2D eigenvalue weighted by molar-refractivity contribution is -0.121. The zero-order valence-corrected chi connectivity index (χ0v) is 17.1. The summed E-state index contributed by atoms with van der Waals surface area (Å²) < 4.78 is 0. The smallest absolute Gasteiger partial charge is 0.247 e. The molecule has 2 aromatic carbocycles. The van der Waals surface area contributed by atoms with Gasteiger partial charge in [-0.15, -0.1) is 5.10 Å². The summed E-state index contributed by atoms with van der Waals surface area (Å²) in [6, 6.07) is 13.7. The number of hydrogen-bond donors (Lipinski definition) is 1. The van der Waals surface area contributed by atoms with E-state index in [-0.39, 0.29) is 23.4 Å². The topological polar surface area (TPSA) is 88.1 Å². The Balaban J connectivity index is 1.70. The van der Waals surface area contributed by atoms with Crippen LogP contribution in [0.2, 0.25) is 10.0 Å². The monoisotopic (exact) mass is 434 g/mol. The SMILES string of the molecule is C/C(=N\N=C(N)SC1CC(=O)N(c2cccc(Cl)c2)C1=O)c1ccc(Cl)cc1. The number of carbonyl (C=O) groups excluding carboxylic acids is 2. The molecule has 1 heterocycles. The van der Waals surface area contributed by atoms with Gasteiger partial charge in [-0.1, -0.05) is 53.2 Å². The van der Waals surface area contributed by atoms with Crippen LogP contribution in [-0.4, -0.2) is 27.9 Å². The number of hydrogen-bond acceptors (Lipinski definition) is 5. The second-order valence-corrected chi connectivity index (χ2v) is 8.08. The molecule has 2 amide bonds. The van der Waals surface area contributed by atoms with Crippen molar-refractivity contribution in [3.63, 3.8) is 0 Å². The van der Waals surface area contributed by atoms with E-state index in [1.54, 1.807) is 43.3 Å². The third kappa shape index (κ3) is 4.73. The highest BCUT2D eigenvalue weighted by molar-refractivity contribution is 8.14. The maximum Gasteiger partial charge on any atom is 0.247 e. The Labute approximate surface area is 176 Å². The Hall–Kier alpha value is -2.35. The highest BCUT2D eigenvalue weighted by Gasteiger charge is 2.40. The van der Waals surface area contributed by atoms with E-state index in [0.29, 0.717) is 21.4 Å². The molecule has 0 bridgehead atoms. The number of rotatable bonds is 4. The Bertz CT molecular complexity index is 976. The van der Waals surface area contributed by atoms with Gasteiger partial charge in [-0.3, -0.25) is 9.59 Å². The lowest BCUT2D eigenvalue weighted by Crippen LogP contribution is -2.31. The molecule has 1 atom stereocenters. The van der Waals surface area contributed by atoms with Gasteiger partial charge in [0.25, 0.3) is 0 Å². The standard InChI is InChI=1S/C19H16Cl2N4O2S/c1-11(12-5-7-13(20)8-6-12)23-24-19(22)28-16-10-17(26)25(18(16)27)15-4-2-3-14(21)9-15/h2-9,16H,10H2,1H3,(H2,22,24)/b23-11+. The number of anilines is 1. The van der Waals surface area contributed by atoms with Crippen LogP contribution < -0.4 is 10.6 Å². The van der Waals surface area contributed by atoms with E-state index in [4.69, 9.17) is 28.9 Å². The Morgan fingerprint density at radius 2 is 1.82 bits per heavy atom. The fourth-order valence-corrected chi connectivity index (χ4v) is 3.75. The van der Waals surface area contributed by atoms with Crippen molar-refractivity contribution in [1.82, 2.24) is 0 Å². The number of imide groups is 1. The number of benzene rings is 2. The Morgan fingerprint density at radius 3 is 2.50 bits per heavy atom. The van der Waals surface area contributed by atoms with E-state index in [1.165, 1.54) is 0 Å². The third-order valence-corrected chi connectivity index (χ3v) is 5.46. The first-order chi connectivity index (χ1) is 13.3. The molecule has 0 aliphatic carbocycles. The van der Waals surface area contributed by atoms with Crippen molar-refractivity contribution in [1.29, 1.82) is 0 Å². The van der Waals surface area contributed by atoms with Crippen molar-refractivity contribution >= 4 is 63.3 Å². The largest absolute Gasteiger partial charge is 0.377 e. The van der Waals surface area contributed by atoms with Crippen LogP contribution in [0.15, 0.2) is 58.7 Å². The third-order valence-electron chi connectivity index (χ3n) is 4.00. The first kappa shape index (κ1) is 20.4.